The topological polar surface area (TPSA) is 104 Å². The van der Waals surface area contributed by atoms with Crippen LogP contribution in [-0.2, 0) is 14.8 Å². The molecule has 9 heteroatoms. The van der Waals surface area contributed by atoms with E-state index >= 15 is 0 Å². The van der Waals surface area contributed by atoms with Crippen molar-refractivity contribution in [2.24, 2.45) is 0 Å². The van der Waals surface area contributed by atoms with Crippen molar-refractivity contribution in [2.75, 3.05) is 21.6 Å². The van der Waals surface area contributed by atoms with Crippen molar-refractivity contribution >= 4 is 50.2 Å². The summed E-state index contributed by atoms with van der Waals surface area (Å²) >= 11 is 1.28. The summed E-state index contributed by atoms with van der Waals surface area (Å²) in [6.45, 7) is 1.44. The van der Waals surface area contributed by atoms with Crippen LogP contribution >= 0.6 is 11.3 Å². The number of amides is 2. The van der Waals surface area contributed by atoms with Crippen LogP contribution in [0.5, 0.6) is 0 Å². The van der Waals surface area contributed by atoms with Crippen molar-refractivity contribution in [2.45, 2.75) is 6.92 Å². The first-order valence-electron chi connectivity index (χ1n) is 8.56. The summed E-state index contributed by atoms with van der Waals surface area (Å²) in [7, 11) is -3.41. The minimum Gasteiger partial charge on any atom is -0.326 e. The highest BCUT2D eigenvalue weighted by Gasteiger charge is 2.13. The Morgan fingerprint density at radius 1 is 0.931 bits per heavy atom. The van der Waals surface area contributed by atoms with Gasteiger partial charge < -0.3 is 10.6 Å². The van der Waals surface area contributed by atoms with Gasteiger partial charge in [0.2, 0.25) is 15.9 Å². The summed E-state index contributed by atoms with van der Waals surface area (Å²) < 4.78 is 25.1. The lowest BCUT2D eigenvalue weighted by atomic mass is 10.1. The maximum atomic E-state index is 12.6. The molecule has 150 valence electrons. The van der Waals surface area contributed by atoms with Crippen LogP contribution in [0.1, 0.15) is 16.6 Å². The highest BCUT2D eigenvalue weighted by atomic mass is 32.2. The zero-order valence-electron chi connectivity index (χ0n) is 15.7. The quantitative estimate of drug-likeness (QED) is 0.551. The zero-order chi connectivity index (χ0) is 21.0. The van der Waals surface area contributed by atoms with E-state index in [9.17, 15) is 18.0 Å². The third kappa shape index (κ3) is 5.66. The molecule has 3 aromatic rings. The predicted molar refractivity (Wildman–Crippen MR) is 117 cm³/mol. The summed E-state index contributed by atoms with van der Waals surface area (Å²) in [5, 5.41) is 7.39. The van der Waals surface area contributed by atoms with E-state index in [4.69, 9.17) is 0 Å². The second-order valence-electron chi connectivity index (χ2n) is 6.34. The van der Waals surface area contributed by atoms with Crippen LogP contribution in [0, 0.1) is 0 Å². The Morgan fingerprint density at radius 2 is 1.66 bits per heavy atom. The molecule has 3 N–H and O–H groups in total. The van der Waals surface area contributed by atoms with Gasteiger partial charge in [-0.15, -0.1) is 11.3 Å². The number of carbonyl (C=O) groups is 2. The molecule has 0 saturated carbocycles. The number of para-hydroxylation sites is 1. The SMILES string of the molecule is CC(=O)Nc1ccccc1-c1csc(C(=O)Nc2cccc(NS(C)(=O)=O)c2)c1. The molecule has 0 aliphatic carbocycles. The Balaban J connectivity index is 1.79. The number of carbonyl (C=O) groups excluding carboxylic acids is 2. The molecule has 2 amide bonds. The summed E-state index contributed by atoms with van der Waals surface area (Å²) in [6, 6.07) is 15.6. The van der Waals surface area contributed by atoms with E-state index in [1.807, 2.05) is 23.6 Å². The largest absolute Gasteiger partial charge is 0.326 e. The molecule has 0 aliphatic heterocycles. The van der Waals surface area contributed by atoms with Crippen molar-refractivity contribution in [3.8, 4) is 11.1 Å². The molecule has 0 radical (unpaired) electrons. The molecule has 29 heavy (non-hydrogen) atoms. The Morgan fingerprint density at radius 3 is 2.38 bits per heavy atom. The Labute approximate surface area is 172 Å². The van der Waals surface area contributed by atoms with Crippen LogP contribution in [0.3, 0.4) is 0 Å². The number of benzene rings is 2. The zero-order valence-corrected chi connectivity index (χ0v) is 17.4. The molecule has 0 saturated heterocycles. The summed E-state index contributed by atoms with van der Waals surface area (Å²) in [5.74, 6) is -0.483. The van der Waals surface area contributed by atoms with Gasteiger partial charge in [0.1, 0.15) is 0 Å². The van der Waals surface area contributed by atoms with Crippen LogP contribution in [0.2, 0.25) is 0 Å². The van der Waals surface area contributed by atoms with E-state index < -0.39 is 10.0 Å². The summed E-state index contributed by atoms with van der Waals surface area (Å²) in [4.78, 5) is 24.5. The third-order valence-corrected chi connectivity index (χ3v) is 5.33. The standard InChI is InChI=1S/C20H19N3O4S2/c1-13(24)21-18-9-4-3-8-17(18)14-10-19(28-12-14)20(25)22-15-6-5-7-16(11-15)23-29(2,26)27/h3-12,23H,1-2H3,(H,21,24)(H,22,25). The molecule has 0 spiro atoms. The Hall–Kier alpha value is -3.17. The first-order chi connectivity index (χ1) is 13.7. The second kappa shape index (κ2) is 8.46. The Bertz CT molecular complexity index is 1170. The Kier molecular flexibility index (Phi) is 6.00. The van der Waals surface area contributed by atoms with Crippen LogP contribution in [0.15, 0.2) is 60.0 Å². The molecular weight excluding hydrogens is 410 g/mol. The number of rotatable bonds is 6. The second-order valence-corrected chi connectivity index (χ2v) is 9.00. The first kappa shape index (κ1) is 20.6. The van der Waals surface area contributed by atoms with E-state index in [0.717, 1.165) is 17.4 Å². The van der Waals surface area contributed by atoms with Crippen molar-refractivity contribution in [3.63, 3.8) is 0 Å². The monoisotopic (exact) mass is 429 g/mol. The van der Waals surface area contributed by atoms with Gasteiger partial charge in [0.25, 0.3) is 5.91 Å². The molecule has 0 atom stereocenters. The number of sulfonamides is 1. The highest BCUT2D eigenvalue weighted by molar-refractivity contribution is 7.92. The molecule has 2 aromatic carbocycles. The number of anilines is 3. The van der Waals surface area contributed by atoms with Crippen LogP contribution in [-0.4, -0.2) is 26.5 Å². The lowest BCUT2D eigenvalue weighted by molar-refractivity contribution is -0.114. The van der Waals surface area contributed by atoms with Gasteiger partial charge in [-0.1, -0.05) is 24.3 Å². The van der Waals surface area contributed by atoms with Crippen LogP contribution in [0.4, 0.5) is 17.1 Å². The van der Waals surface area contributed by atoms with Gasteiger partial charge in [-0.05, 0) is 41.3 Å². The van der Waals surface area contributed by atoms with Gasteiger partial charge in [0.05, 0.1) is 16.8 Å². The predicted octanol–water partition coefficient (Wildman–Crippen LogP) is 4.00. The first-order valence-corrected chi connectivity index (χ1v) is 11.3. The van der Waals surface area contributed by atoms with Gasteiger partial charge in [-0.25, -0.2) is 8.42 Å². The minimum absolute atomic E-state index is 0.173. The van der Waals surface area contributed by atoms with E-state index in [0.29, 0.717) is 21.9 Å². The van der Waals surface area contributed by atoms with E-state index in [-0.39, 0.29) is 11.8 Å². The van der Waals surface area contributed by atoms with Gasteiger partial charge in [0.15, 0.2) is 0 Å². The number of hydrogen-bond donors (Lipinski definition) is 3. The lowest BCUT2D eigenvalue weighted by Crippen LogP contribution is -2.12. The summed E-state index contributed by atoms with van der Waals surface area (Å²) in [6.07, 6.45) is 1.06. The molecular formula is C20H19N3O4S2. The van der Waals surface area contributed by atoms with Gasteiger partial charge in [0, 0.05) is 23.9 Å². The fraction of sp³-hybridized carbons (Fsp3) is 0.100. The molecule has 3 rings (SSSR count). The van der Waals surface area contributed by atoms with Crippen molar-refractivity contribution in [1.82, 2.24) is 0 Å². The van der Waals surface area contributed by atoms with Crippen molar-refractivity contribution in [3.05, 3.63) is 64.9 Å². The van der Waals surface area contributed by atoms with Crippen LogP contribution < -0.4 is 15.4 Å². The maximum Gasteiger partial charge on any atom is 0.265 e. The smallest absolute Gasteiger partial charge is 0.265 e. The molecule has 0 aliphatic rings. The molecule has 7 nitrogen and oxygen atoms in total. The van der Waals surface area contributed by atoms with Gasteiger partial charge in [-0.3, -0.25) is 14.3 Å². The average molecular weight is 430 g/mol. The molecule has 0 unspecified atom stereocenters. The summed E-state index contributed by atoms with van der Waals surface area (Å²) in [5.41, 5.74) is 3.14. The van der Waals surface area contributed by atoms with E-state index in [1.54, 1.807) is 36.4 Å². The fourth-order valence-electron chi connectivity index (χ4n) is 2.70. The molecule has 1 aromatic heterocycles. The molecule has 1 heterocycles. The average Bonchev–Trinajstić information content (AvgIpc) is 3.10. The van der Waals surface area contributed by atoms with Crippen molar-refractivity contribution < 1.29 is 18.0 Å². The third-order valence-electron chi connectivity index (χ3n) is 3.80. The number of hydrogen-bond acceptors (Lipinski definition) is 5. The lowest BCUT2D eigenvalue weighted by Gasteiger charge is -2.08. The molecule has 0 bridgehead atoms. The van der Waals surface area contributed by atoms with Gasteiger partial charge >= 0.3 is 0 Å². The number of nitrogens with one attached hydrogen (secondary N) is 3. The van der Waals surface area contributed by atoms with E-state index in [2.05, 4.69) is 15.4 Å². The fourth-order valence-corrected chi connectivity index (χ4v) is 4.05. The molecule has 0 fully saturated rings. The highest BCUT2D eigenvalue weighted by Crippen LogP contribution is 2.32. The number of thiophene rings is 1. The normalized spacial score (nSPS) is 11.0. The maximum absolute atomic E-state index is 12.6. The van der Waals surface area contributed by atoms with Crippen molar-refractivity contribution in [1.29, 1.82) is 0 Å². The van der Waals surface area contributed by atoms with Gasteiger partial charge in [-0.2, -0.15) is 0 Å². The van der Waals surface area contributed by atoms with Crippen LogP contribution in [0.25, 0.3) is 11.1 Å². The van der Waals surface area contributed by atoms with E-state index in [1.165, 1.54) is 18.3 Å². The minimum atomic E-state index is -3.41.